The van der Waals surface area contributed by atoms with Crippen LogP contribution in [0.5, 0.6) is 0 Å². The summed E-state index contributed by atoms with van der Waals surface area (Å²) >= 11 is 0.943. The number of carbonyl (C=O) groups is 1. The fourth-order valence-electron chi connectivity index (χ4n) is 2.24. The van der Waals surface area contributed by atoms with Crippen molar-refractivity contribution in [2.75, 3.05) is 11.2 Å². The molecule has 0 radical (unpaired) electrons. The summed E-state index contributed by atoms with van der Waals surface area (Å²) in [6, 6.07) is 8.93. The lowest BCUT2D eigenvalue weighted by molar-refractivity contribution is -0.115. The number of nitrogens with two attached hydrogens (primary N) is 1. The highest BCUT2D eigenvalue weighted by molar-refractivity contribution is 8.00. The number of hydrogen-bond donors (Lipinski definition) is 2. The Morgan fingerprint density at radius 1 is 1.15 bits per heavy atom. The largest absolute Gasteiger partial charge is 0.335 e. The minimum Gasteiger partial charge on any atom is -0.335 e. The highest BCUT2D eigenvalue weighted by atomic mass is 32.2. The van der Waals surface area contributed by atoms with E-state index in [4.69, 9.17) is 5.84 Å². The molecule has 1 amide bonds. The van der Waals surface area contributed by atoms with E-state index in [0.717, 1.165) is 28.6 Å². The standard InChI is InChI=1S/C17H14F3N5OS/c1-9(16(26)22-14-12(19)6-3-7-13(14)20)27-17-24-23-15(25(17)21)10-4-2-5-11(18)8-10/h2-9H,21H2,1H3,(H,22,26)/t9-/m0/s1. The predicted octanol–water partition coefficient (Wildman–Crippen LogP) is 3.20. The summed E-state index contributed by atoms with van der Waals surface area (Å²) in [5.41, 5.74) is -0.105. The van der Waals surface area contributed by atoms with Gasteiger partial charge < -0.3 is 11.2 Å². The van der Waals surface area contributed by atoms with Crippen LogP contribution in [0.4, 0.5) is 18.9 Å². The second-order valence-corrected chi connectivity index (χ2v) is 6.84. The Kier molecular flexibility index (Phi) is 5.36. The molecule has 3 N–H and O–H groups in total. The Bertz CT molecular complexity index is 974. The first-order valence-electron chi connectivity index (χ1n) is 7.74. The molecule has 3 aromatic rings. The number of carbonyl (C=O) groups excluding carboxylic acids is 1. The van der Waals surface area contributed by atoms with Crippen LogP contribution >= 0.6 is 11.8 Å². The monoisotopic (exact) mass is 393 g/mol. The SMILES string of the molecule is C[C@H](Sc1nnc(-c2cccc(F)c2)n1N)C(=O)Nc1c(F)cccc1F. The second kappa shape index (κ2) is 7.70. The topological polar surface area (TPSA) is 85.8 Å². The lowest BCUT2D eigenvalue weighted by Gasteiger charge is -2.12. The molecule has 0 bridgehead atoms. The Balaban J connectivity index is 1.75. The quantitative estimate of drug-likeness (QED) is 0.514. The third-order valence-corrected chi connectivity index (χ3v) is 4.67. The maximum atomic E-state index is 13.7. The summed E-state index contributed by atoms with van der Waals surface area (Å²) in [5, 5.41) is 9.40. The third kappa shape index (κ3) is 4.05. The van der Waals surface area contributed by atoms with Crippen LogP contribution < -0.4 is 11.2 Å². The molecule has 0 spiro atoms. The maximum Gasteiger partial charge on any atom is 0.237 e. The molecule has 1 heterocycles. The van der Waals surface area contributed by atoms with Crippen LogP contribution in [0.15, 0.2) is 47.6 Å². The van der Waals surface area contributed by atoms with E-state index in [1.807, 2.05) is 0 Å². The number of para-hydroxylation sites is 1. The number of anilines is 1. The van der Waals surface area contributed by atoms with Gasteiger partial charge in [0.1, 0.15) is 23.1 Å². The average molecular weight is 393 g/mol. The van der Waals surface area contributed by atoms with E-state index >= 15 is 0 Å². The highest BCUT2D eigenvalue weighted by Crippen LogP contribution is 2.26. The van der Waals surface area contributed by atoms with Gasteiger partial charge in [0.2, 0.25) is 11.1 Å². The molecule has 1 atom stereocenters. The molecule has 0 aliphatic carbocycles. The third-order valence-electron chi connectivity index (χ3n) is 3.61. The molecule has 0 aliphatic rings. The van der Waals surface area contributed by atoms with E-state index in [0.29, 0.717) is 5.56 Å². The number of aromatic nitrogens is 3. The molecule has 10 heteroatoms. The zero-order chi connectivity index (χ0) is 19.6. The molecule has 0 aliphatic heterocycles. The van der Waals surface area contributed by atoms with Gasteiger partial charge in [0, 0.05) is 5.56 Å². The number of thioether (sulfide) groups is 1. The zero-order valence-corrected chi connectivity index (χ0v) is 14.8. The van der Waals surface area contributed by atoms with Gasteiger partial charge in [-0.3, -0.25) is 4.79 Å². The number of rotatable bonds is 5. The normalized spacial score (nSPS) is 12.0. The molecule has 27 heavy (non-hydrogen) atoms. The molecule has 140 valence electrons. The summed E-state index contributed by atoms with van der Waals surface area (Å²) in [6.45, 7) is 1.52. The maximum absolute atomic E-state index is 13.7. The van der Waals surface area contributed by atoms with Crippen LogP contribution in [0.2, 0.25) is 0 Å². The van der Waals surface area contributed by atoms with Crippen LogP contribution in [0.1, 0.15) is 6.92 Å². The number of benzene rings is 2. The summed E-state index contributed by atoms with van der Waals surface area (Å²) in [4.78, 5) is 12.2. The van der Waals surface area contributed by atoms with Gasteiger partial charge in [0.05, 0.1) is 5.25 Å². The van der Waals surface area contributed by atoms with Crippen molar-refractivity contribution in [1.82, 2.24) is 14.9 Å². The lowest BCUT2D eigenvalue weighted by atomic mass is 10.2. The lowest BCUT2D eigenvalue weighted by Crippen LogP contribution is -2.24. The number of nitrogens with one attached hydrogen (secondary N) is 1. The Morgan fingerprint density at radius 2 is 1.81 bits per heavy atom. The summed E-state index contributed by atoms with van der Waals surface area (Å²) < 4.78 is 41.8. The van der Waals surface area contributed by atoms with E-state index in [1.54, 1.807) is 6.07 Å². The molecular formula is C17H14F3N5OS. The smallest absolute Gasteiger partial charge is 0.237 e. The van der Waals surface area contributed by atoms with Gasteiger partial charge in [-0.1, -0.05) is 30.0 Å². The van der Waals surface area contributed by atoms with Crippen molar-refractivity contribution in [1.29, 1.82) is 0 Å². The molecule has 6 nitrogen and oxygen atoms in total. The van der Waals surface area contributed by atoms with Crippen molar-refractivity contribution in [3.8, 4) is 11.4 Å². The summed E-state index contributed by atoms with van der Waals surface area (Å²) in [6.07, 6.45) is 0. The van der Waals surface area contributed by atoms with E-state index in [-0.39, 0.29) is 11.0 Å². The molecule has 1 aromatic heterocycles. The van der Waals surface area contributed by atoms with E-state index < -0.39 is 34.3 Å². The van der Waals surface area contributed by atoms with Gasteiger partial charge in [0.25, 0.3) is 0 Å². The number of halogens is 3. The first-order chi connectivity index (χ1) is 12.9. The van der Waals surface area contributed by atoms with Crippen LogP contribution in [0.25, 0.3) is 11.4 Å². The van der Waals surface area contributed by atoms with Crippen molar-refractivity contribution in [2.24, 2.45) is 0 Å². The average Bonchev–Trinajstić information content (AvgIpc) is 2.98. The van der Waals surface area contributed by atoms with Gasteiger partial charge in [-0.05, 0) is 31.2 Å². The van der Waals surface area contributed by atoms with Crippen LogP contribution in [-0.2, 0) is 4.79 Å². The van der Waals surface area contributed by atoms with E-state index in [1.165, 1.54) is 31.2 Å². The summed E-state index contributed by atoms with van der Waals surface area (Å²) in [7, 11) is 0. The minimum absolute atomic E-state index is 0.186. The molecule has 0 saturated carbocycles. The first-order valence-corrected chi connectivity index (χ1v) is 8.62. The second-order valence-electron chi connectivity index (χ2n) is 5.53. The number of nitrogens with zero attached hydrogens (tertiary/aromatic N) is 3. The van der Waals surface area contributed by atoms with Crippen LogP contribution in [0, 0.1) is 17.5 Å². The highest BCUT2D eigenvalue weighted by Gasteiger charge is 2.22. The zero-order valence-electron chi connectivity index (χ0n) is 14.0. The van der Waals surface area contributed by atoms with Crippen molar-refractivity contribution < 1.29 is 18.0 Å². The first kappa shape index (κ1) is 18.8. The van der Waals surface area contributed by atoms with E-state index in [9.17, 15) is 18.0 Å². The van der Waals surface area contributed by atoms with Gasteiger partial charge in [-0.15, -0.1) is 10.2 Å². The minimum atomic E-state index is -0.879. The van der Waals surface area contributed by atoms with Crippen molar-refractivity contribution >= 4 is 23.4 Å². The molecule has 0 saturated heterocycles. The molecule has 2 aromatic carbocycles. The number of hydrogen-bond acceptors (Lipinski definition) is 5. The van der Waals surface area contributed by atoms with Crippen molar-refractivity contribution in [3.05, 3.63) is 59.9 Å². The molecular weight excluding hydrogens is 379 g/mol. The van der Waals surface area contributed by atoms with Crippen LogP contribution in [0.3, 0.4) is 0 Å². The Morgan fingerprint density at radius 3 is 2.48 bits per heavy atom. The summed E-state index contributed by atoms with van der Waals surface area (Å²) in [5.74, 6) is 3.29. The van der Waals surface area contributed by atoms with Gasteiger partial charge in [-0.2, -0.15) is 0 Å². The fourth-order valence-corrected chi connectivity index (χ4v) is 3.01. The van der Waals surface area contributed by atoms with Gasteiger partial charge in [0.15, 0.2) is 5.82 Å². The van der Waals surface area contributed by atoms with Crippen molar-refractivity contribution in [2.45, 2.75) is 17.3 Å². The Labute approximate surface area is 156 Å². The molecule has 3 rings (SSSR count). The van der Waals surface area contributed by atoms with Crippen LogP contribution in [-0.4, -0.2) is 26.0 Å². The fraction of sp³-hybridized carbons (Fsp3) is 0.118. The number of amides is 1. The van der Waals surface area contributed by atoms with Gasteiger partial charge in [-0.25, -0.2) is 17.8 Å². The Hall–Kier alpha value is -3.01. The predicted molar refractivity (Wildman–Crippen MR) is 95.9 cm³/mol. The van der Waals surface area contributed by atoms with Crippen molar-refractivity contribution in [3.63, 3.8) is 0 Å². The van der Waals surface area contributed by atoms with Gasteiger partial charge >= 0.3 is 0 Å². The molecule has 0 unspecified atom stereocenters. The number of nitrogen functional groups attached to an aromatic ring is 1. The molecule has 0 fully saturated rings. The van der Waals surface area contributed by atoms with E-state index in [2.05, 4.69) is 15.5 Å².